The molecule has 0 aliphatic rings. The Morgan fingerprint density at radius 2 is 1.88 bits per heavy atom. The molecular weight excluding hydrogens is 330 g/mol. The van der Waals surface area contributed by atoms with E-state index in [9.17, 15) is 15.0 Å². The minimum atomic E-state index is -0.193. The van der Waals surface area contributed by atoms with Gasteiger partial charge < -0.3 is 20.3 Å². The van der Waals surface area contributed by atoms with Gasteiger partial charge in [-0.2, -0.15) is 0 Å². The van der Waals surface area contributed by atoms with E-state index in [2.05, 4.69) is 5.32 Å². The first kappa shape index (κ1) is 19.4. The molecule has 0 aliphatic heterocycles. The molecule has 0 fully saturated rings. The van der Waals surface area contributed by atoms with E-state index in [0.29, 0.717) is 31.2 Å². The summed E-state index contributed by atoms with van der Waals surface area (Å²) < 4.78 is 5.57. The van der Waals surface area contributed by atoms with Crippen molar-refractivity contribution >= 4 is 12.0 Å². The molecule has 0 atom stereocenters. The molecule has 0 spiro atoms. The summed E-state index contributed by atoms with van der Waals surface area (Å²) in [6.45, 7) is 5.08. The van der Waals surface area contributed by atoms with Crippen LogP contribution in [0.15, 0.2) is 48.5 Å². The van der Waals surface area contributed by atoms with Crippen molar-refractivity contribution in [2.24, 2.45) is 5.92 Å². The molecule has 0 bridgehead atoms. The van der Waals surface area contributed by atoms with Crippen LogP contribution in [-0.4, -0.2) is 29.3 Å². The van der Waals surface area contributed by atoms with Gasteiger partial charge in [0.2, 0.25) is 5.91 Å². The average molecular weight is 355 g/mol. The molecule has 2 rings (SSSR count). The summed E-state index contributed by atoms with van der Waals surface area (Å²) in [4.78, 5) is 11.9. The molecule has 26 heavy (non-hydrogen) atoms. The molecule has 0 saturated heterocycles. The van der Waals surface area contributed by atoms with Gasteiger partial charge >= 0.3 is 0 Å². The number of hydrogen-bond acceptors (Lipinski definition) is 4. The standard InChI is InChI=1S/C21H25NO4/c1-15(2)14-26-20-13-17(5-9-19(20)24)6-10-21(25)22-12-11-16-3-7-18(23)8-4-16/h3-10,13,15,23-24H,11-12,14H2,1-2H3,(H,22,25)/b10-6+. The second-order valence-corrected chi connectivity index (χ2v) is 6.47. The smallest absolute Gasteiger partial charge is 0.244 e. The summed E-state index contributed by atoms with van der Waals surface area (Å²) in [6, 6.07) is 11.9. The first-order valence-electron chi connectivity index (χ1n) is 8.63. The minimum absolute atomic E-state index is 0.0844. The summed E-state index contributed by atoms with van der Waals surface area (Å²) in [7, 11) is 0. The fraction of sp³-hybridized carbons (Fsp3) is 0.286. The molecule has 3 N–H and O–H groups in total. The number of benzene rings is 2. The number of amides is 1. The van der Waals surface area contributed by atoms with Crippen LogP contribution in [0.3, 0.4) is 0 Å². The number of carbonyl (C=O) groups excluding carboxylic acids is 1. The lowest BCUT2D eigenvalue weighted by molar-refractivity contribution is -0.116. The third-order valence-corrected chi connectivity index (χ3v) is 3.63. The van der Waals surface area contributed by atoms with Crippen molar-refractivity contribution in [2.45, 2.75) is 20.3 Å². The van der Waals surface area contributed by atoms with Crippen molar-refractivity contribution in [3.63, 3.8) is 0 Å². The van der Waals surface area contributed by atoms with Gasteiger partial charge in [0.25, 0.3) is 0 Å². The highest BCUT2D eigenvalue weighted by Gasteiger charge is 2.05. The third kappa shape index (κ3) is 6.51. The Balaban J connectivity index is 1.85. The molecule has 0 radical (unpaired) electrons. The van der Waals surface area contributed by atoms with Crippen LogP contribution < -0.4 is 10.1 Å². The molecule has 138 valence electrons. The zero-order chi connectivity index (χ0) is 18.9. The maximum absolute atomic E-state index is 11.9. The summed E-state index contributed by atoms with van der Waals surface area (Å²) in [5.41, 5.74) is 1.81. The van der Waals surface area contributed by atoms with E-state index < -0.39 is 0 Å². The minimum Gasteiger partial charge on any atom is -0.508 e. The zero-order valence-electron chi connectivity index (χ0n) is 15.1. The molecule has 0 aliphatic carbocycles. The van der Waals surface area contributed by atoms with E-state index in [1.807, 2.05) is 26.0 Å². The second kappa shape index (κ2) is 9.51. The maximum Gasteiger partial charge on any atom is 0.244 e. The highest BCUT2D eigenvalue weighted by molar-refractivity contribution is 5.91. The highest BCUT2D eigenvalue weighted by Crippen LogP contribution is 2.27. The van der Waals surface area contributed by atoms with Gasteiger partial charge in [-0.3, -0.25) is 4.79 Å². The van der Waals surface area contributed by atoms with Crippen molar-refractivity contribution in [3.8, 4) is 17.2 Å². The Hall–Kier alpha value is -2.95. The lowest BCUT2D eigenvalue weighted by Crippen LogP contribution is -2.23. The number of hydrogen-bond donors (Lipinski definition) is 3. The Morgan fingerprint density at radius 3 is 2.58 bits per heavy atom. The fourth-order valence-electron chi connectivity index (χ4n) is 2.23. The predicted octanol–water partition coefficient (Wildman–Crippen LogP) is 3.50. The first-order chi connectivity index (χ1) is 12.4. The fourth-order valence-corrected chi connectivity index (χ4v) is 2.23. The summed E-state index contributed by atoms with van der Waals surface area (Å²) in [5, 5.41) is 21.9. The van der Waals surface area contributed by atoms with Crippen LogP contribution in [0.25, 0.3) is 6.08 Å². The Kier molecular flexibility index (Phi) is 7.09. The predicted molar refractivity (Wildman–Crippen MR) is 102 cm³/mol. The van der Waals surface area contributed by atoms with Gasteiger partial charge in [-0.05, 0) is 53.8 Å². The van der Waals surface area contributed by atoms with Crippen LogP contribution in [0.2, 0.25) is 0 Å². The monoisotopic (exact) mass is 355 g/mol. The molecule has 2 aromatic carbocycles. The normalized spacial score (nSPS) is 11.0. The van der Waals surface area contributed by atoms with Gasteiger partial charge in [-0.15, -0.1) is 0 Å². The second-order valence-electron chi connectivity index (χ2n) is 6.47. The van der Waals surface area contributed by atoms with Gasteiger partial charge in [-0.25, -0.2) is 0 Å². The lowest BCUT2D eigenvalue weighted by atomic mass is 10.1. The Bertz CT molecular complexity index is 751. The van der Waals surface area contributed by atoms with Crippen molar-refractivity contribution in [1.82, 2.24) is 5.32 Å². The molecule has 0 aromatic heterocycles. The van der Waals surface area contributed by atoms with Crippen LogP contribution in [0.5, 0.6) is 17.2 Å². The molecule has 5 heteroatoms. The molecule has 1 amide bonds. The van der Waals surface area contributed by atoms with Crippen LogP contribution in [-0.2, 0) is 11.2 Å². The molecule has 0 heterocycles. The lowest BCUT2D eigenvalue weighted by Gasteiger charge is -2.10. The zero-order valence-corrected chi connectivity index (χ0v) is 15.1. The van der Waals surface area contributed by atoms with Crippen molar-refractivity contribution in [3.05, 3.63) is 59.7 Å². The van der Waals surface area contributed by atoms with Gasteiger partial charge in [0.15, 0.2) is 11.5 Å². The van der Waals surface area contributed by atoms with Crippen molar-refractivity contribution in [2.75, 3.05) is 13.2 Å². The van der Waals surface area contributed by atoms with Gasteiger partial charge in [0.05, 0.1) is 6.61 Å². The average Bonchev–Trinajstić information content (AvgIpc) is 2.61. The first-order valence-corrected chi connectivity index (χ1v) is 8.63. The van der Waals surface area contributed by atoms with E-state index in [0.717, 1.165) is 11.1 Å². The largest absolute Gasteiger partial charge is 0.508 e. The van der Waals surface area contributed by atoms with Crippen LogP contribution in [0.1, 0.15) is 25.0 Å². The van der Waals surface area contributed by atoms with E-state index in [1.165, 1.54) is 6.08 Å². The van der Waals surface area contributed by atoms with Crippen LogP contribution in [0, 0.1) is 5.92 Å². The molecule has 0 saturated carbocycles. The van der Waals surface area contributed by atoms with Crippen LogP contribution >= 0.6 is 0 Å². The topological polar surface area (TPSA) is 78.8 Å². The molecule has 2 aromatic rings. The highest BCUT2D eigenvalue weighted by atomic mass is 16.5. The summed E-state index contributed by atoms with van der Waals surface area (Å²) in [5.74, 6) is 0.885. The summed E-state index contributed by atoms with van der Waals surface area (Å²) in [6.07, 6.45) is 3.82. The number of carbonyl (C=O) groups is 1. The third-order valence-electron chi connectivity index (χ3n) is 3.63. The van der Waals surface area contributed by atoms with Crippen molar-refractivity contribution < 1.29 is 19.7 Å². The quantitative estimate of drug-likeness (QED) is 0.633. The van der Waals surface area contributed by atoms with E-state index in [1.54, 1.807) is 36.4 Å². The summed E-state index contributed by atoms with van der Waals surface area (Å²) >= 11 is 0. The van der Waals surface area contributed by atoms with Gasteiger partial charge in [0, 0.05) is 12.6 Å². The number of ether oxygens (including phenoxy) is 1. The molecule has 5 nitrogen and oxygen atoms in total. The van der Waals surface area contributed by atoms with Crippen molar-refractivity contribution in [1.29, 1.82) is 0 Å². The van der Waals surface area contributed by atoms with E-state index >= 15 is 0 Å². The van der Waals surface area contributed by atoms with Gasteiger partial charge in [-0.1, -0.05) is 32.0 Å². The number of phenolic OH excluding ortho intramolecular Hbond substituents is 2. The Labute approximate surface area is 153 Å². The van der Waals surface area contributed by atoms with E-state index in [4.69, 9.17) is 4.74 Å². The number of nitrogens with one attached hydrogen (secondary N) is 1. The maximum atomic E-state index is 11.9. The Morgan fingerprint density at radius 1 is 1.15 bits per heavy atom. The molecular formula is C21H25NO4. The van der Waals surface area contributed by atoms with Crippen LogP contribution in [0.4, 0.5) is 0 Å². The SMILES string of the molecule is CC(C)COc1cc(/C=C/C(=O)NCCc2ccc(O)cc2)ccc1O. The number of rotatable bonds is 8. The van der Waals surface area contributed by atoms with Gasteiger partial charge in [0.1, 0.15) is 5.75 Å². The number of aromatic hydroxyl groups is 2. The number of phenols is 2. The molecule has 0 unspecified atom stereocenters. The van der Waals surface area contributed by atoms with E-state index in [-0.39, 0.29) is 17.4 Å².